The van der Waals surface area contributed by atoms with Gasteiger partial charge in [-0.2, -0.15) is 0 Å². The highest BCUT2D eigenvalue weighted by Crippen LogP contribution is 2.36. The van der Waals surface area contributed by atoms with E-state index >= 15 is 0 Å². The molecule has 0 bridgehead atoms. The number of aliphatic hydroxyl groups is 1. The molecule has 1 nitrogen and oxygen atoms in total. The fourth-order valence-corrected chi connectivity index (χ4v) is 3.94. The van der Waals surface area contributed by atoms with Crippen LogP contribution in [0.3, 0.4) is 0 Å². The first-order chi connectivity index (χ1) is 9.18. The minimum atomic E-state index is -0.583. The SMILES string of the molecule is Cc1ccc(C(O)c2sccc2Br)c2ccccc12. The zero-order valence-corrected chi connectivity index (χ0v) is 12.8. The van der Waals surface area contributed by atoms with Gasteiger partial charge in [-0.3, -0.25) is 0 Å². The van der Waals surface area contributed by atoms with Crippen molar-refractivity contribution in [2.75, 3.05) is 0 Å². The van der Waals surface area contributed by atoms with Crippen LogP contribution in [0.1, 0.15) is 22.1 Å². The van der Waals surface area contributed by atoms with Gasteiger partial charge in [0, 0.05) is 4.47 Å². The lowest BCUT2D eigenvalue weighted by Gasteiger charge is -2.14. The first-order valence-corrected chi connectivity index (χ1v) is 7.75. The summed E-state index contributed by atoms with van der Waals surface area (Å²) in [4.78, 5) is 0.953. The van der Waals surface area contributed by atoms with Crippen LogP contribution in [0.25, 0.3) is 10.8 Å². The number of thiophene rings is 1. The first-order valence-electron chi connectivity index (χ1n) is 6.07. The van der Waals surface area contributed by atoms with Gasteiger partial charge < -0.3 is 5.11 Å². The van der Waals surface area contributed by atoms with Crippen LogP contribution >= 0.6 is 27.3 Å². The van der Waals surface area contributed by atoms with Gasteiger partial charge >= 0.3 is 0 Å². The highest BCUT2D eigenvalue weighted by Gasteiger charge is 2.17. The molecule has 0 spiro atoms. The summed E-state index contributed by atoms with van der Waals surface area (Å²) in [5.74, 6) is 0. The first kappa shape index (κ1) is 12.9. The average molecular weight is 333 g/mol. The van der Waals surface area contributed by atoms with Crippen LogP contribution in [0.2, 0.25) is 0 Å². The fourth-order valence-electron chi connectivity index (χ4n) is 2.35. The van der Waals surface area contributed by atoms with Gasteiger partial charge in [-0.05, 0) is 56.2 Å². The predicted octanol–water partition coefficient (Wildman–Crippen LogP) is 5.05. The fraction of sp³-hybridized carbons (Fsp3) is 0.125. The van der Waals surface area contributed by atoms with Crippen LogP contribution in [-0.2, 0) is 0 Å². The van der Waals surface area contributed by atoms with Crippen LogP contribution in [0.15, 0.2) is 52.3 Å². The molecule has 1 N–H and O–H groups in total. The summed E-state index contributed by atoms with van der Waals surface area (Å²) in [6.45, 7) is 2.10. The Labute approximate surface area is 124 Å². The van der Waals surface area contributed by atoms with Crippen molar-refractivity contribution in [1.29, 1.82) is 0 Å². The van der Waals surface area contributed by atoms with Crippen molar-refractivity contribution >= 4 is 38.0 Å². The van der Waals surface area contributed by atoms with E-state index in [2.05, 4.69) is 41.1 Å². The van der Waals surface area contributed by atoms with Crippen molar-refractivity contribution in [2.24, 2.45) is 0 Å². The average Bonchev–Trinajstić information content (AvgIpc) is 2.85. The molecule has 0 radical (unpaired) electrons. The number of benzene rings is 2. The molecule has 0 aliphatic rings. The summed E-state index contributed by atoms with van der Waals surface area (Å²) in [7, 11) is 0. The van der Waals surface area contributed by atoms with Crippen LogP contribution in [-0.4, -0.2) is 5.11 Å². The van der Waals surface area contributed by atoms with Crippen molar-refractivity contribution in [3.63, 3.8) is 0 Å². The third kappa shape index (κ3) is 2.22. The lowest BCUT2D eigenvalue weighted by molar-refractivity contribution is 0.225. The molecule has 0 amide bonds. The topological polar surface area (TPSA) is 20.2 Å². The number of rotatable bonds is 2. The summed E-state index contributed by atoms with van der Waals surface area (Å²) in [6, 6.07) is 14.3. The molecular weight excluding hydrogens is 320 g/mol. The Bertz CT molecular complexity index is 732. The molecule has 2 aromatic carbocycles. The van der Waals surface area contributed by atoms with E-state index in [-0.39, 0.29) is 0 Å². The number of fused-ring (bicyclic) bond motifs is 1. The normalized spacial score (nSPS) is 12.8. The van der Waals surface area contributed by atoms with Gasteiger partial charge in [0.15, 0.2) is 0 Å². The Morgan fingerprint density at radius 3 is 2.47 bits per heavy atom. The smallest absolute Gasteiger partial charge is 0.115 e. The van der Waals surface area contributed by atoms with Crippen LogP contribution < -0.4 is 0 Å². The molecular formula is C16H13BrOS. The van der Waals surface area contributed by atoms with E-state index in [9.17, 15) is 5.11 Å². The van der Waals surface area contributed by atoms with Gasteiger partial charge in [-0.15, -0.1) is 11.3 Å². The van der Waals surface area contributed by atoms with E-state index < -0.39 is 6.10 Å². The van der Waals surface area contributed by atoms with Gasteiger partial charge in [-0.1, -0.05) is 36.4 Å². The van der Waals surface area contributed by atoms with E-state index in [1.165, 1.54) is 10.9 Å². The molecule has 1 atom stereocenters. The molecule has 0 aliphatic heterocycles. The van der Waals surface area contributed by atoms with E-state index in [0.29, 0.717) is 0 Å². The van der Waals surface area contributed by atoms with Crippen molar-refractivity contribution in [3.8, 4) is 0 Å². The molecule has 3 aromatic rings. The van der Waals surface area contributed by atoms with Gasteiger partial charge in [0.05, 0.1) is 4.88 Å². The van der Waals surface area contributed by atoms with Crippen LogP contribution in [0.5, 0.6) is 0 Å². The predicted molar refractivity (Wildman–Crippen MR) is 84.8 cm³/mol. The van der Waals surface area contributed by atoms with Gasteiger partial charge in [0.1, 0.15) is 6.10 Å². The second-order valence-electron chi connectivity index (χ2n) is 4.55. The number of hydrogen-bond donors (Lipinski definition) is 1. The summed E-state index contributed by atoms with van der Waals surface area (Å²) in [6.07, 6.45) is -0.583. The molecule has 1 aromatic heterocycles. The van der Waals surface area contributed by atoms with Crippen molar-refractivity contribution in [2.45, 2.75) is 13.0 Å². The number of halogens is 1. The second kappa shape index (κ2) is 5.08. The second-order valence-corrected chi connectivity index (χ2v) is 6.35. The van der Waals surface area contributed by atoms with E-state index in [4.69, 9.17) is 0 Å². The summed E-state index contributed by atoms with van der Waals surface area (Å²) >= 11 is 5.06. The summed E-state index contributed by atoms with van der Waals surface area (Å²) in [5, 5.41) is 14.9. The molecule has 3 rings (SSSR count). The number of aliphatic hydroxyl groups excluding tert-OH is 1. The Balaban J connectivity index is 2.21. The van der Waals surface area contributed by atoms with Crippen molar-refractivity contribution in [3.05, 3.63) is 68.3 Å². The van der Waals surface area contributed by atoms with Crippen molar-refractivity contribution in [1.82, 2.24) is 0 Å². The number of hydrogen-bond acceptors (Lipinski definition) is 2. The molecule has 0 aliphatic carbocycles. The molecule has 96 valence electrons. The quantitative estimate of drug-likeness (QED) is 0.695. The van der Waals surface area contributed by atoms with Gasteiger partial charge in [-0.25, -0.2) is 0 Å². The monoisotopic (exact) mass is 332 g/mol. The lowest BCUT2D eigenvalue weighted by Crippen LogP contribution is -1.99. The highest BCUT2D eigenvalue weighted by molar-refractivity contribution is 9.10. The Morgan fingerprint density at radius 1 is 1.05 bits per heavy atom. The zero-order valence-electron chi connectivity index (χ0n) is 10.4. The standard InChI is InChI=1S/C16H13BrOS/c1-10-6-7-13(12-5-3-2-4-11(10)12)15(18)16-14(17)8-9-19-16/h2-9,15,18H,1H3. The molecule has 3 heteroatoms. The van der Waals surface area contributed by atoms with E-state index in [1.807, 2.05) is 29.6 Å². The largest absolute Gasteiger partial charge is 0.383 e. The Morgan fingerprint density at radius 2 is 1.79 bits per heavy atom. The zero-order chi connectivity index (χ0) is 13.4. The Hall–Kier alpha value is -1.16. The summed E-state index contributed by atoms with van der Waals surface area (Å²) in [5.41, 5.74) is 2.20. The van der Waals surface area contributed by atoms with Crippen molar-refractivity contribution < 1.29 is 5.11 Å². The maximum atomic E-state index is 10.6. The summed E-state index contributed by atoms with van der Waals surface area (Å²) < 4.78 is 0.967. The highest BCUT2D eigenvalue weighted by atomic mass is 79.9. The lowest BCUT2D eigenvalue weighted by atomic mass is 9.96. The Kier molecular flexibility index (Phi) is 3.44. The van der Waals surface area contributed by atoms with Crippen LogP contribution in [0, 0.1) is 6.92 Å². The maximum absolute atomic E-state index is 10.6. The molecule has 0 fully saturated rings. The number of aryl methyl sites for hydroxylation is 1. The van der Waals surface area contributed by atoms with Crippen LogP contribution in [0.4, 0.5) is 0 Å². The maximum Gasteiger partial charge on any atom is 0.115 e. The minimum Gasteiger partial charge on any atom is -0.383 e. The molecule has 1 heterocycles. The van der Waals surface area contributed by atoms with E-state index in [0.717, 1.165) is 20.3 Å². The van der Waals surface area contributed by atoms with Gasteiger partial charge in [0.25, 0.3) is 0 Å². The molecule has 0 saturated heterocycles. The molecule has 1 unspecified atom stereocenters. The molecule has 19 heavy (non-hydrogen) atoms. The van der Waals surface area contributed by atoms with E-state index in [1.54, 1.807) is 11.3 Å². The van der Waals surface area contributed by atoms with Gasteiger partial charge in [0.2, 0.25) is 0 Å². The third-order valence-electron chi connectivity index (χ3n) is 3.36. The third-order valence-corrected chi connectivity index (χ3v) is 5.29. The minimum absolute atomic E-state index is 0.583. The molecule has 0 saturated carbocycles.